The average Bonchev–Trinajstić information content (AvgIpc) is 3.54. The highest BCUT2D eigenvalue weighted by Crippen LogP contribution is 2.46. The summed E-state index contributed by atoms with van der Waals surface area (Å²) in [5.41, 5.74) is -4.87. The summed E-state index contributed by atoms with van der Waals surface area (Å²) in [5.74, 6) is -1.10. The minimum atomic E-state index is -4.81. The van der Waals surface area contributed by atoms with Gasteiger partial charge in [-0.2, -0.15) is 13.2 Å². The SMILES string of the molecule is CCC[C@H]1N(C(=O)c2ncccc2C(F)(F)F)CCC[C@@]1(Oc1csc(C)c1)C(=O)N1CCC(O)(c2ccccc2OCCCC2(C(=O)O)CCC2)CC1. The summed E-state index contributed by atoms with van der Waals surface area (Å²) >= 11 is 1.44. The second-order valence-corrected chi connectivity index (χ2v) is 16.0. The number of hydrogen-bond acceptors (Lipinski definition) is 8. The van der Waals surface area contributed by atoms with E-state index in [-0.39, 0.29) is 44.8 Å². The summed E-state index contributed by atoms with van der Waals surface area (Å²) in [4.78, 5) is 48.6. The number of carboxylic acids is 1. The van der Waals surface area contributed by atoms with Crippen LogP contribution in [0.4, 0.5) is 13.2 Å². The van der Waals surface area contributed by atoms with Crippen molar-refractivity contribution in [2.24, 2.45) is 5.41 Å². The van der Waals surface area contributed by atoms with Crippen molar-refractivity contribution in [1.29, 1.82) is 0 Å². The number of ether oxygens (including phenoxy) is 2. The van der Waals surface area contributed by atoms with Gasteiger partial charge in [-0.1, -0.05) is 38.0 Å². The molecule has 0 bridgehead atoms. The number of amides is 2. The van der Waals surface area contributed by atoms with Crippen LogP contribution in [0.2, 0.25) is 0 Å². The first kappa shape index (κ1) is 39.5. The number of carbonyl (C=O) groups excluding carboxylic acids is 2. The lowest BCUT2D eigenvalue weighted by atomic mass is 9.66. The van der Waals surface area contributed by atoms with Crippen molar-refractivity contribution in [2.75, 3.05) is 26.2 Å². The van der Waals surface area contributed by atoms with Crippen LogP contribution in [0, 0.1) is 12.3 Å². The molecule has 292 valence electrons. The summed E-state index contributed by atoms with van der Waals surface area (Å²) in [6.07, 6.45) is 1.42. The van der Waals surface area contributed by atoms with Crippen LogP contribution in [0.5, 0.6) is 11.5 Å². The molecule has 3 aliphatic rings. The van der Waals surface area contributed by atoms with Crippen LogP contribution >= 0.6 is 11.3 Å². The lowest BCUT2D eigenvalue weighted by molar-refractivity contribution is -0.163. The Morgan fingerprint density at radius 1 is 1.02 bits per heavy atom. The normalized spacial score (nSPS) is 22.3. The smallest absolute Gasteiger partial charge is 0.418 e. The lowest BCUT2D eigenvalue weighted by Crippen LogP contribution is -2.68. The molecule has 2 atom stereocenters. The maximum atomic E-state index is 15.0. The van der Waals surface area contributed by atoms with Gasteiger partial charge in [0.2, 0.25) is 5.60 Å². The molecule has 3 fully saturated rings. The predicted molar refractivity (Wildman–Crippen MR) is 195 cm³/mol. The van der Waals surface area contributed by atoms with E-state index >= 15 is 0 Å². The van der Waals surface area contributed by atoms with Crippen molar-refractivity contribution < 1.29 is 47.2 Å². The number of thiophene rings is 1. The van der Waals surface area contributed by atoms with E-state index in [0.29, 0.717) is 68.6 Å². The van der Waals surface area contributed by atoms with Gasteiger partial charge >= 0.3 is 12.1 Å². The van der Waals surface area contributed by atoms with Gasteiger partial charge in [-0.3, -0.25) is 19.4 Å². The number of halogens is 3. The zero-order valence-electron chi connectivity index (χ0n) is 30.7. The number of rotatable bonds is 13. The summed E-state index contributed by atoms with van der Waals surface area (Å²) in [6.45, 7) is 4.53. The largest absolute Gasteiger partial charge is 0.493 e. The highest BCUT2D eigenvalue weighted by Gasteiger charge is 2.56. The Morgan fingerprint density at radius 2 is 1.76 bits per heavy atom. The Labute approximate surface area is 317 Å². The van der Waals surface area contributed by atoms with Crippen molar-refractivity contribution >= 4 is 29.1 Å². The zero-order valence-corrected chi connectivity index (χ0v) is 31.5. The van der Waals surface area contributed by atoms with Gasteiger partial charge in [0.05, 0.1) is 29.2 Å². The van der Waals surface area contributed by atoms with Crippen molar-refractivity contribution in [3.05, 3.63) is 75.7 Å². The van der Waals surface area contributed by atoms with Gasteiger partial charge in [0.25, 0.3) is 11.8 Å². The number of hydrogen-bond donors (Lipinski definition) is 2. The highest BCUT2D eigenvalue weighted by molar-refractivity contribution is 7.10. The number of nitrogens with zero attached hydrogens (tertiary/aromatic N) is 3. The van der Waals surface area contributed by atoms with Gasteiger partial charge in [-0.25, -0.2) is 0 Å². The summed E-state index contributed by atoms with van der Waals surface area (Å²) < 4.78 is 55.0. The van der Waals surface area contributed by atoms with Gasteiger partial charge in [-0.05, 0) is 82.6 Å². The molecule has 0 radical (unpaired) electrons. The molecule has 10 nitrogen and oxygen atoms in total. The summed E-state index contributed by atoms with van der Waals surface area (Å²) in [7, 11) is 0. The Bertz CT molecular complexity index is 1820. The van der Waals surface area contributed by atoms with Gasteiger partial charge < -0.3 is 29.5 Å². The van der Waals surface area contributed by atoms with Crippen LogP contribution in [-0.2, 0) is 21.4 Å². The second kappa shape index (κ2) is 15.9. The molecule has 2 aromatic heterocycles. The third-order valence-corrected chi connectivity index (χ3v) is 12.3. The van der Waals surface area contributed by atoms with E-state index in [2.05, 4.69) is 4.98 Å². The van der Waals surface area contributed by atoms with Crippen molar-refractivity contribution in [2.45, 2.75) is 108 Å². The van der Waals surface area contributed by atoms with Crippen LogP contribution in [-0.4, -0.2) is 80.7 Å². The van der Waals surface area contributed by atoms with E-state index in [9.17, 15) is 37.8 Å². The van der Waals surface area contributed by atoms with Gasteiger partial charge in [0.1, 0.15) is 17.2 Å². The number of para-hydroxylation sites is 1. The first-order chi connectivity index (χ1) is 25.7. The maximum absolute atomic E-state index is 15.0. The average molecular weight is 772 g/mol. The molecule has 2 saturated heterocycles. The number of likely N-dealkylation sites (tertiary alicyclic amines) is 2. The molecule has 14 heteroatoms. The standard InChI is InChI=1S/C40H48F3N3O7S/c1-3-10-32-39(53-28-25-27(2)54-26-28,17-8-21-46(32)34(47)33-30(40(41,42)43)12-6-20-44-33)35(48)45-22-18-38(51,19-23-45)29-11-4-5-13-31(29)52-24-9-16-37(36(49)50)14-7-15-37/h4-6,11-13,20,25-26,32,51H,3,7-10,14-19,21-24H2,1-2H3,(H,49,50)/t32-,39+/m1/s1. The molecule has 0 unspecified atom stereocenters. The molecule has 1 saturated carbocycles. The molecule has 6 rings (SSSR count). The molecule has 2 amide bonds. The summed E-state index contributed by atoms with van der Waals surface area (Å²) in [6, 6.07) is 10.1. The van der Waals surface area contributed by atoms with Crippen molar-refractivity contribution in [3.8, 4) is 11.5 Å². The number of carbonyl (C=O) groups is 3. The fraction of sp³-hybridized carbons (Fsp3) is 0.550. The third kappa shape index (κ3) is 7.82. The number of aliphatic carboxylic acids is 1. The number of aryl methyl sites for hydroxylation is 1. The Morgan fingerprint density at radius 3 is 2.39 bits per heavy atom. The first-order valence-electron chi connectivity index (χ1n) is 18.8. The van der Waals surface area contributed by atoms with E-state index in [1.54, 1.807) is 22.4 Å². The van der Waals surface area contributed by atoms with Crippen molar-refractivity contribution in [3.63, 3.8) is 0 Å². The lowest BCUT2D eigenvalue weighted by Gasteiger charge is -2.51. The van der Waals surface area contributed by atoms with E-state index in [0.717, 1.165) is 29.6 Å². The number of alkyl halides is 3. The zero-order chi connectivity index (χ0) is 38.7. The quantitative estimate of drug-likeness (QED) is 0.170. The molecular weight excluding hydrogens is 724 g/mol. The number of piperidine rings is 2. The monoisotopic (exact) mass is 771 g/mol. The Hall–Kier alpha value is -4.17. The van der Waals surface area contributed by atoms with Crippen LogP contribution in [0.3, 0.4) is 0 Å². The van der Waals surface area contributed by atoms with E-state index < -0.39 is 52.0 Å². The second-order valence-electron chi connectivity index (χ2n) is 14.9. The minimum absolute atomic E-state index is 0.131. The van der Waals surface area contributed by atoms with Gasteiger partial charge in [-0.15, -0.1) is 11.3 Å². The van der Waals surface area contributed by atoms with E-state index in [1.807, 2.05) is 32.0 Å². The highest BCUT2D eigenvalue weighted by atomic mass is 32.1. The maximum Gasteiger partial charge on any atom is 0.418 e. The first-order valence-corrected chi connectivity index (χ1v) is 19.7. The third-order valence-electron chi connectivity index (χ3n) is 11.5. The topological polar surface area (TPSA) is 130 Å². The predicted octanol–water partition coefficient (Wildman–Crippen LogP) is 7.62. The number of aromatic nitrogens is 1. The Kier molecular flexibility index (Phi) is 11.6. The van der Waals surface area contributed by atoms with Crippen LogP contribution in [0.25, 0.3) is 0 Å². The molecule has 1 aliphatic carbocycles. The fourth-order valence-electron chi connectivity index (χ4n) is 8.39. The molecule has 0 spiro atoms. The van der Waals surface area contributed by atoms with E-state index in [4.69, 9.17) is 9.47 Å². The van der Waals surface area contributed by atoms with Crippen LogP contribution in [0.15, 0.2) is 54.0 Å². The molecule has 2 aliphatic heterocycles. The Balaban J connectivity index is 1.23. The molecule has 3 aromatic rings. The number of pyridine rings is 1. The minimum Gasteiger partial charge on any atom is -0.493 e. The number of aliphatic hydroxyl groups is 1. The molecule has 2 N–H and O–H groups in total. The molecule has 54 heavy (non-hydrogen) atoms. The van der Waals surface area contributed by atoms with Crippen LogP contribution < -0.4 is 9.47 Å². The molecule has 4 heterocycles. The van der Waals surface area contributed by atoms with Crippen LogP contribution in [0.1, 0.15) is 104 Å². The van der Waals surface area contributed by atoms with Gasteiger partial charge in [0, 0.05) is 48.1 Å². The number of carboxylic acid groups (broad SMARTS) is 1. The van der Waals surface area contributed by atoms with E-state index in [1.165, 1.54) is 16.2 Å². The van der Waals surface area contributed by atoms with Crippen molar-refractivity contribution in [1.82, 2.24) is 14.8 Å². The molecular formula is C40H48F3N3O7S. The molecule has 1 aromatic carbocycles. The number of benzene rings is 1. The summed E-state index contributed by atoms with van der Waals surface area (Å²) in [5, 5.41) is 23.5. The van der Waals surface area contributed by atoms with Gasteiger partial charge in [0.15, 0.2) is 0 Å². The fourth-order valence-corrected chi connectivity index (χ4v) is 8.99.